The van der Waals surface area contributed by atoms with Crippen LogP contribution in [0.25, 0.3) is 0 Å². The van der Waals surface area contributed by atoms with Crippen molar-refractivity contribution < 1.29 is 14.6 Å². The lowest BCUT2D eigenvalue weighted by Crippen LogP contribution is -2.51. The van der Waals surface area contributed by atoms with E-state index in [-0.39, 0.29) is 19.1 Å². The molecule has 0 unspecified atom stereocenters. The van der Waals surface area contributed by atoms with Gasteiger partial charge >= 0.3 is 0 Å². The second kappa shape index (κ2) is 6.54. The zero-order chi connectivity index (χ0) is 14.5. The number of aliphatic hydroxyl groups is 1. The van der Waals surface area contributed by atoms with Crippen LogP contribution in [0.15, 0.2) is 24.3 Å². The number of carbonyl (C=O) groups excluding carboxylic acids is 1. The third-order valence-corrected chi connectivity index (χ3v) is 3.25. The monoisotopic (exact) mass is 266 g/mol. The molecule has 1 aromatic rings. The van der Waals surface area contributed by atoms with Gasteiger partial charge in [-0.2, -0.15) is 0 Å². The molecular formula is C14H22N2O3. The minimum Gasteiger partial charge on any atom is -0.491 e. The van der Waals surface area contributed by atoms with Crippen molar-refractivity contribution in [2.75, 3.05) is 20.3 Å². The molecule has 0 aliphatic carbocycles. The molecule has 0 aliphatic rings. The van der Waals surface area contributed by atoms with Gasteiger partial charge < -0.3 is 20.9 Å². The Morgan fingerprint density at radius 3 is 2.42 bits per heavy atom. The summed E-state index contributed by atoms with van der Waals surface area (Å²) in [6.45, 7) is 4.17. The third kappa shape index (κ3) is 3.68. The van der Waals surface area contributed by atoms with Crippen LogP contribution in [-0.4, -0.2) is 37.3 Å². The molecule has 19 heavy (non-hydrogen) atoms. The van der Waals surface area contributed by atoms with E-state index in [0.717, 1.165) is 5.56 Å². The SMILES string of the molecule is CN[C@H](C(N)=O)C(C)(C)c1ccc(OCCO)cc1. The van der Waals surface area contributed by atoms with E-state index in [1.54, 1.807) is 7.05 Å². The van der Waals surface area contributed by atoms with Crippen molar-refractivity contribution >= 4 is 5.91 Å². The fraction of sp³-hybridized carbons (Fsp3) is 0.500. The van der Waals surface area contributed by atoms with Crippen molar-refractivity contribution in [3.8, 4) is 5.75 Å². The molecule has 0 aromatic heterocycles. The lowest BCUT2D eigenvalue weighted by Gasteiger charge is -2.32. The number of likely N-dealkylation sites (N-methyl/N-ethyl adjacent to an activating group) is 1. The van der Waals surface area contributed by atoms with Crippen molar-refractivity contribution in [2.24, 2.45) is 5.73 Å². The van der Waals surface area contributed by atoms with Crippen molar-refractivity contribution in [2.45, 2.75) is 25.3 Å². The molecule has 0 fully saturated rings. The number of ether oxygens (including phenoxy) is 1. The van der Waals surface area contributed by atoms with Gasteiger partial charge in [0.1, 0.15) is 12.4 Å². The molecule has 106 valence electrons. The quantitative estimate of drug-likeness (QED) is 0.667. The highest BCUT2D eigenvalue weighted by molar-refractivity contribution is 5.81. The maximum Gasteiger partial charge on any atom is 0.235 e. The molecule has 0 heterocycles. The maximum atomic E-state index is 11.5. The Hall–Kier alpha value is -1.59. The summed E-state index contributed by atoms with van der Waals surface area (Å²) in [4.78, 5) is 11.5. The standard InChI is InChI=1S/C14H22N2O3/c1-14(2,12(16-3)13(15)18)10-4-6-11(7-5-10)19-9-8-17/h4-7,12,16-17H,8-9H2,1-3H3,(H2,15,18)/t12-/m1/s1. The van der Waals surface area contributed by atoms with Gasteiger partial charge in [-0.15, -0.1) is 0 Å². The Labute approximate surface area is 113 Å². The van der Waals surface area contributed by atoms with Crippen molar-refractivity contribution in [3.05, 3.63) is 29.8 Å². The van der Waals surface area contributed by atoms with Gasteiger partial charge in [0.15, 0.2) is 0 Å². The van der Waals surface area contributed by atoms with E-state index in [1.165, 1.54) is 0 Å². The average Bonchev–Trinajstić information content (AvgIpc) is 2.36. The van der Waals surface area contributed by atoms with Gasteiger partial charge in [-0.05, 0) is 24.7 Å². The predicted molar refractivity (Wildman–Crippen MR) is 74.1 cm³/mol. The van der Waals surface area contributed by atoms with Gasteiger partial charge in [-0.25, -0.2) is 0 Å². The first kappa shape index (κ1) is 15.5. The Kier molecular flexibility index (Phi) is 5.32. The maximum absolute atomic E-state index is 11.5. The summed E-state index contributed by atoms with van der Waals surface area (Å²) in [7, 11) is 1.72. The number of primary amides is 1. The first-order valence-corrected chi connectivity index (χ1v) is 6.24. The Balaban J connectivity index is 2.92. The van der Waals surface area contributed by atoms with E-state index in [0.29, 0.717) is 5.75 Å². The number of hydrogen-bond acceptors (Lipinski definition) is 4. The third-order valence-electron chi connectivity index (χ3n) is 3.25. The van der Waals surface area contributed by atoms with E-state index < -0.39 is 11.5 Å². The molecule has 1 aromatic carbocycles. The fourth-order valence-corrected chi connectivity index (χ4v) is 2.17. The van der Waals surface area contributed by atoms with Crippen LogP contribution < -0.4 is 15.8 Å². The van der Waals surface area contributed by atoms with Crippen molar-refractivity contribution in [3.63, 3.8) is 0 Å². The number of rotatable bonds is 7. The minimum atomic E-state index is -0.447. The first-order valence-electron chi connectivity index (χ1n) is 6.24. The molecule has 0 radical (unpaired) electrons. The first-order chi connectivity index (χ1) is 8.93. The van der Waals surface area contributed by atoms with Gasteiger partial charge in [0, 0.05) is 5.41 Å². The van der Waals surface area contributed by atoms with Crippen LogP contribution in [-0.2, 0) is 10.2 Å². The summed E-state index contributed by atoms with van der Waals surface area (Å²) in [5.41, 5.74) is 5.98. The van der Waals surface area contributed by atoms with Crippen molar-refractivity contribution in [1.29, 1.82) is 0 Å². The molecule has 1 atom stereocenters. The highest BCUT2D eigenvalue weighted by Gasteiger charge is 2.34. The van der Waals surface area contributed by atoms with Gasteiger partial charge in [0.05, 0.1) is 12.6 Å². The van der Waals surface area contributed by atoms with Crippen LogP contribution in [0.1, 0.15) is 19.4 Å². The van der Waals surface area contributed by atoms with E-state index >= 15 is 0 Å². The van der Waals surface area contributed by atoms with Gasteiger partial charge in [0.25, 0.3) is 0 Å². The molecule has 0 saturated heterocycles. The number of benzene rings is 1. The van der Waals surface area contributed by atoms with Crippen LogP contribution in [0, 0.1) is 0 Å². The predicted octanol–water partition coefficient (Wildman–Crippen LogP) is 0.409. The number of hydrogen-bond donors (Lipinski definition) is 3. The number of aliphatic hydroxyl groups excluding tert-OH is 1. The molecule has 1 rings (SSSR count). The second-order valence-corrected chi connectivity index (χ2v) is 4.94. The Morgan fingerprint density at radius 1 is 1.42 bits per heavy atom. The van der Waals surface area contributed by atoms with Gasteiger partial charge in [-0.3, -0.25) is 4.79 Å². The van der Waals surface area contributed by atoms with Crippen LogP contribution in [0.4, 0.5) is 0 Å². The van der Waals surface area contributed by atoms with E-state index in [1.807, 2.05) is 38.1 Å². The number of nitrogens with one attached hydrogen (secondary N) is 1. The lowest BCUT2D eigenvalue weighted by molar-refractivity contribution is -0.121. The average molecular weight is 266 g/mol. The van der Waals surface area contributed by atoms with E-state index in [9.17, 15) is 4.79 Å². The molecular weight excluding hydrogens is 244 g/mol. The molecule has 0 saturated carbocycles. The normalized spacial score (nSPS) is 13.1. The van der Waals surface area contributed by atoms with Gasteiger partial charge in [-0.1, -0.05) is 26.0 Å². The topological polar surface area (TPSA) is 84.6 Å². The smallest absolute Gasteiger partial charge is 0.235 e. The minimum absolute atomic E-state index is 0.0171. The molecule has 1 amide bonds. The molecule has 5 nitrogen and oxygen atoms in total. The number of carbonyl (C=O) groups is 1. The summed E-state index contributed by atoms with van der Waals surface area (Å²) < 4.78 is 5.30. The highest BCUT2D eigenvalue weighted by atomic mass is 16.5. The Morgan fingerprint density at radius 2 is 2.00 bits per heavy atom. The number of amides is 1. The summed E-state index contributed by atoms with van der Waals surface area (Å²) in [5, 5.41) is 11.6. The van der Waals surface area contributed by atoms with Crippen molar-refractivity contribution in [1.82, 2.24) is 5.32 Å². The molecule has 0 spiro atoms. The van der Waals surface area contributed by atoms with Gasteiger partial charge in [0.2, 0.25) is 5.91 Å². The fourth-order valence-electron chi connectivity index (χ4n) is 2.17. The summed E-state index contributed by atoms with van der Waals surface area (Å²) in [6.07, 6.45) is 0. The van der Waals surface area contributed by atoms with E-state index in [2.05, 4.69) is 5.32 Å². The molecule has 0 aliphatic heterocycles. The summed E-state index contributed by atoms with van der Waals surface area (Å²) >= 11 is 0. The van der Waals surface area contributed by atoms with Crippen LogP contribution in [0.2, 0.25) is 0 Å². The van der Waals surface area contributed by atoms with Crippen LogP contribution in [0.3, 0.4) is 0 Å². The second-order valence-electron chi connectivity index (χ2n) is 4.94. The van der Waals surface area contributed by atoms with Crippen LogP contribution in [0.5, 0.6) is 5.75 Å². The largest absolute Gasteiger partial charge is 0.491 e. The summed E-state index contributed by atoms with van der Waals surface area (Å²) in [6, 6.07) is 7.00. The van der Waals surface area contributed by atoms with Crippen LogP contribution >= 0.6 is 0 Å². The molecule has 5 heteroatoms. The number of nitrogens with two attached hydrogens (primary N) is 1. The molecule has 0 bridgehead atoms. The highest BCUT2D eigenvalue weighted by Crippen LogP contribution is 2.28. The molecule has 4 N–H and O–H groups in total. The lowest BCUT2D eigenvalue weighted by atomic mass is 9.77. The summed E-state index contributed by atoms with van der Waals surface area (Å²) in [5.74, 6) is 0.307. The van der Waals surface area contributed by atoms with E-state index in [4.69, 9.17) is 15.6 Å². The Bertz CT molecular complexity index is 415. The zero-order valence-electron chi connectivity index (χ0n) is 11.6. The zero-order valence-corrected chi connectivity index (χ0v) is 11.6.